The first-order valence-electron chi connectivity index (χ1n) is 6.84. The summed E-state index contributed by atoms with van der Waals surface area (Å²) in [4.78, 5) is 37.0. The molecule has 1 N–H and O–H groups in total. The molecule has 0 atom stereocenters. The van der Waals surface area contributed by atoms with Crippen LogP contribution >= 0.6 is 0 Å². The lowest BCUT2D eigenvalue weighted by atomic mass is 10.1. The molecule has 8 heteroatoms. The molecule has 23 heavy (non-hydrogen) atoms. The highest BCUT2D eigenvalue weighted by molar-refractivity contribution is 6.21. The number of hydrogen-bond acceptors (Lipinski definition) is 5. The van der Waals surface area contributed by atoms with E-state index in [1.807, 2.05) is 0 Å². The van der Waals surface area contributed by atoms with E-state index in [-0.39, 0.29) is 29.9 Å². The van der Waals surface area contributed by atoms with E-state index in [0.29, 0.717) is 5.76 Å². The number of nitrogens with one attached hydrogen (secondary N) is 1. The Hall–Kier alpha value is -3.03. The van der Waals surface area contributed by atoms with E-state index in [9.17, 15) is 18.8 Å². The Bertz CT molecular complexity index is 815. The van der Waals surface area contributed by atoms with E-state index in [1.54, 1.807) is 13.0 Å². The van der Waals surface area contributed by atoms with Gasteiger partial charge in [-0.15, -0.1) is 0 Å². The van der Waals surface area contributed by atoms with Gasteiger partial charge in [0.1, 0.15) is 11.6 Å². The molecule has 0 bridgehead atoms. The fourth-order valence-electron chi connectivity index (χ4n) is 2.31. The van der Waals surface area contributed by atoms with Crippen LogP contribution in [-0.2, 0) is 4.79 Å². The minimum absolute atomic E-state index is 0.0162. The average molecular weight is 317 g/mol. The smallest absolute Gasteiger partial charge is 0.261 e. The number of carbonyl (C=O) groups excluding carboxylic acids is 3. The molecule has 0 saturated heterocycles. The molecule has 0 fully saturated rings. The summed E-state index contributed by atoms with van der Waals surface area (Å²) in [6, 6.07) is 4.95. The molecule has 7 nitrogen and oxygen atoms in total. The van der Waals surface area contributed by atoms with E-state index in [1.165, 1.54) is 6.07 Å². The number of amides is 3. The number of carbonyl (C=O) groups is 3. The first-order chi connectivity index (χ1) is 11.0. The molecule has 118 valence electrons. The molecule has 1 aromatic carbocycles. The monoisotopic (exact) mass is 317 g/mol. The van der Waals surface area contributed by atoms with Crippen molar-refractivity contribution < 1.29 is 23.3 Å². The predicted octanol–water partition coefficient (Wildman–Crippen LogP) is 1.75. The van der Waals surface area contributed by atoms with Crippen molar-refractivity contribution in [1.82, 2.24) is 10.1 Å². The Kier molecular flexibility index (Phi) is 3.65. The van der Waals surface area contributed by atoms with Crippen LogP contribution in [0.3, 0.4) is 0 Å². The van der Waals surface area contributed by atoms with Crippen molar-refractivity contribution in [2.24, 2.45) is 0 Å². The highest BCUT2D eigenvalue weighted by Crippen LogP contribution is 2.23. The van der Waals surface area contributed by atoms with Crippen molar-refractivity contribution in [1.29, 1.82) is 0 Å². The molecule has 3 rings (SSSR count). The molecule has 0 saturated carbocycles. The van der Waals surface area contributed by atoms with Gasteiger partial charge in [-0.1, -0.05) is 5.16 Å². The van der Waals surface area contributed by atoms with Crippen LogP contribution in [0.25, 0.3) is 0 Å². The average Bonchev–Trinajstić information content (AvgIpc) is 3.00. The molecule has 1 aromatic heterocycles. The second-order valence-electron chi connectivity index (χ2n) is 5.07. The second-order valence-corrected chi connectivity index (χ2v) is 5.07. The van der Waals surface area contributed by atoms with Gasteiger partial charge in [-0.2, -0.15) is 0 Å². The number of aromatic nitrogens is 1. The van der Waals surface area contributed by atoms with E-state index in [0.717, 1.165) is 17.0 Å². The largest absolute Gasteiger partial charge is 0.360 e. The van der Waals surface area contributed by atoms with Crippen molar-refractivity contribution in [3.8, 4) is 0 Å². The molecule has 2 heterocycles. The summed E-state index contributed by atoms with van der Waals surface area (Å²) in [5, 5.41) is 6.11. The van der Waals surface area contributed by atoms with Crippen molar-refractivity contribution in [3.63, 3.8) is 0 Å². The normalized spacial score (nSPS) is 13.4. The molecule has 0 spiro atoms. The molecule has 0 aliphatic carbocycles. The molecule has 0 radical (unpaired) electrons. The van der Waals surface area contributed by atoms with Crippen LogP contribution in [0.1, 0.15) is 32.9 Å². The third-order valence-electron chi connectivity index (χ3n) is 3.39. The quantitative estimate of drug-likeness (QED) is 0.867. The van der Waals surface area contributed by atoms with Crippen molar-refractivity contribution in [2.75, 3.05) is 11.9 Å². The first-order valence-corrected chi connectivity index (χ1v) is 6.84. The van der Waals surface area contributed by atoms with E-state index in [4.69, 9.17) is 4.52 Å². The second kappa shape index (κ2) is 5.64. The Morgan fingerprint density at radius 3 is 2.70 bits per heavy atom. The van der Waals surface area contributed by atoms with Gasteiger partial charge in [0.05, 0.1) is 11.1 Å². The highest BCUT2D eigenvalue weighted by atomic mass is 19.1. The summed E-state index contributed by atoms with van der Waals surface area (Å²) < 4.78 is 18.0. The van der Waals surface area contributed by atoms with Gasteiger partial charge in [-0.25, -0.2) is 4.39 Å². The number of rotatable bonds is 4. The standard InChI is InChI=1S/C15H12FN3O4/c1-8-6-12(18-23-8)17-13(20)4-5-19-14(21)10-3-2-9(16)7-11(10)15(19)22/h2-3,6-7H,4-5H2,1H3,(H,17,18,20). The van der Waals surface area contributed by atoms with Gasteiger partial charge < -0.3 is 9.84 Å². The lowest BCUT2D eigenvalue weighted by Gasteiger charge is -2.12. The van der Waals surface area contributed by atoms with Gasteiger partial charge in [-0.05, 0) is 25.1 Å². The van der Waals surface area contributed by atoms with E-state index in [2.05, 4.69) is 10.5 Å². The third-order valence-corrected chi connectivity index (χ3v) is 3.39. The third kappa shape index (κ3) is 2.83. The first kappa shape index (κ1) is 14.9. The van der Waals surface area contributed by atoms with Gasteiger partial charge in [0, 0.05) is 19.0 Å². The zero-order chi connectivity index (χ0) is 16.6. The van der Waals surface area contributed by atoms with Crippen LogP contribution in [0.15, 0.2) is 28.8 Å². The number of anilines is 1. The van der Waals surface area contributed by atoms with Crippen molar-refractivity contribution in [3.05, 3.63) is 47.0 Å². The van der Waals surface area contributed by atoms with Gasteiger partial charge in [-0.3, -0.25) is 19.3 Å². The Morgan fingerprint density at radius 1 is 1.26 bits per heavy atom. The fourth-order valence-corrected chi connectivity index (χ4v) is 2.31. The number of aryl methyl sites for hydroxylation is 1. The Morgan fingerprint density at radius 2 is 2.00 bits per heavy atom. The van der Waals surface area contributed by atoms with Gasteiger partial charge in [0.2, 0.25) is 5.91 Å². The summed E-state index contributed by atoms with van der Waals surface area (Å²) >= 11 is 0. The van der Waals surface area contributed by atoms with Crippen LogP contribution in [-0.4, -0.2) is 34.3 Å². The van der Waals surface area contributed by atoms with Gasteiger partial charge >= 0.3 is 0 Å². The lowest BCUT2D eigenvalue weighted by Crippen LogP contribution is -2.32. The summed E-state index contributed by atoms with van der Waals surface area (Å²) in [5.74, 6) is -1.34. The van der Waals surface area contributed by atoms with E-state index < -0.39 is 23.5 Å². The molecule has 3 amide bonds. The Balaban J connectivity index is 1.64. The van der Waals surface area contributed by atoms with Gasteiger partial charge in [0.15, 0.2) is 5.82 Å². The zero-order valence-electron chi connectivity index (χ0n) is 12.1. The maximum Gasteiger partial charge on any atom is 0.261 e. The van der Waals surface area contributed by atoms with Crippen LogP contribution in [0, 0.1) is 12.7 Å². The molecular weight excluding hydrogens is 305 g/mol. The number of hydrogen-bond donors (Lipinski definition) is 1. The zero-order valence-corrected chi connectivity index (χ0v) is 12.1. The summed E-state index contributed by atoms with van der Waals surface area (Å²) in [7, 11) is 0. The lowest BCUT2D eigenvalue weighted by molar-refractivity contribution is -0.116. The summed E-state index contributed by atoms with van der Waals surface area (Å²) in [6.07, 6.45) is -0.0974. The maximum absolute atomic E-state index is 13.2. The SMILES string of the molecule is Cc1cc(NC(=O)CCN2C(=O)c3ccc(F)cc3C2=O)no1. The van der Waals surface area contributed by atoms with Crippen LogP contribution in [0.2, 0.25) is 0 Å². The van der Waals surface area contributed by atoms with Crippen molar-refractivity contribution in [2.45, 2.75) is 13.3 Å². The summed E-state index contributed by atoms with van der Waals surface area (Å²) in [5.41, 5.74) is 0.159. The van der Waals surface area contributed by atoms with Crippen LogP contribution in [0.4, 0.5) is 10.2 Å². The maximum atomic E-state index is 13.2. The highest BCUT2D eigenvalue weighted by Gasteiger charge is 2.35. The van der Waals surface area contributed by atoms with Crippen LogP contribution < -0.4 is 5.32 Å². The minimum atomic E-state index is -0.602. The Labute approximate surface area is 130 Å². The van der Waals surface area contributed by atoms with Crippen molar-refractivity contribution >= 4 is 23.5 Å². The van der Waals surface area contributed by atoms with Gasteiger partial charge in [0.25, 0.3) is 11.8 Å². The van der Waals surface area contributed by atoms with E-state index >= 15 is 0 Å². The number of benzene rings is 1. The summed E-state index contributed by atoms with van der Waals surface area (Å²) in [6.45, 7) is 1.58. The molecule has 2 aromatic rings. The predicted molar refractivity (Wildman–Crippen MR) is 76.3 cm³/mol. The molecule has 1 aliphatic rings. The molecule has 0 unspecified atom stereocenters. The minimum Gasteiger partial charge on any atom is -0.360 e. The number of nitrogens with zero attached hydrogens (tertiary/aromatic N) is 2. The van der Waals surface area contributed by atoms with Crippen LogP contribution in [0.5, 0.6) is 0 Å². The number of imide groups is 1. The topological polar surface area (TPSA) is 92.5 Å². The number of fused-ring (bicyclic) bond motifs is 1. The number of halogens is 1. The fraction of sp³-hybridized carbons (Fsp3) is 0.200. The molecular formula is C15H12FN3O4. The molecule has 1 aliphatic heterocycles.